The molecule has 1 N–H and O–H groups in total. The molecule has 1 fully saturated rings. The van der Waals surface area contributed by atoms with Crippen molar-refractivity contribution in [2.75, 3.05) is 13.1 Å². The van der Waals surface area contributed by atoms with Crippen LogP contribution in [0.2, 0.25) is 0 Å². The van der Waals surface area contributed by atoms with Crippen LogP contribution in [-0.4, -0.2) is 24.0 Å². The molecule has 0 bridgehead atoms. The summed E-state index contributed by atoms with van der Waals surface area (Å²) < 4.78 is 5.64. The number of hydrogen-bond acceptors (Lipinski definition) is 3. The van der Waals surface area contributed by atoms with Crippen LogP contribution in [0.1, 0.15) is 58.3 Å². The molecule has 1 aliphatic heterocycles. The van der Waals surface area contributed by atoms with Gasteiger partial charge in [0.05, 0.1) is 12.8 Å². The Hall–Kier alpha value is -0.800. The van der Waals surface area contributed by atoms with Crippen LogP contribution >= 0.6 is 0 Å². The van der Waals surface area contributed by atoms with Gasteiger partial charge in [0.25, 0.3) is 0 Å². The van der Waals surface area contributed by atoms with Gasteiger partial charge in [-0.25, -0.2) is 0 Å². The molecule has 114 valence electrons. The summed E-state index contributed by atoms with van der Waals surface area (Å²) >= 11 is 0. The van der Waals surface area contributed by atoms with Crippen LogP contribution in [0.15, 0.2) is 16.7 Å². The fourth-order valence-corrected chi connectivity index (χ4v) is 3.19. The largest absolute Gasteiger partial charge is 0.468 e. The molecule has 3 heteroatoms. The molecular weight excluding hydrogens is 248 g/mol. The molecule has 3 nitrogen and oxygen atoms in total. The van der Waals surface area contributed by atoms with Crippen LogP contribution in [-0.2, 0) is 13.1 Å². The van der Waals surface area contributed by atoms with E-state index in [0.29, 0.717) is 11.5 Å². The van der Waals surface area contributed by atoms with Gasteiger partial charge in [0.2, 0.25) is 0 Å². The van der Waals surface area contributed by atoms with Crippen LogP contribution in [0.5, 0.6) is 0 Å². The second kappa shape index (κ2) is 6.77. The standard InChI is InChI=1S/C17H30N2O/c1-5-17(6-2)8-9-19(13-17)12-15-7-10-20-16(15)11-18-14(3)4/h7,10,14,18H,5-6,8-9,11-13H2,1-4H3. The van der Waals surface area contributed by atoms with E-state index in [-0.39, 0.29) is 0 Å². The summed E-state index contributed by atoms with van der Waals surface area (Å²) in [6, 6.07) is 2.63. The predicted molar refractivity (Wildman–Crippen MR) is 83.6 cm³/mol. The molecule has 0 amide bonds. The molecule has 0 radical (unpaired) electrons. The van der Waals surface area contributed by atoms with E-state index in [9.17, 15) is 0 Å². The third kappa shape index (κ3) is 3.64. The summed E-state index contributed by atoms with van der Waals surface area (Å²) in [5, 5.41) is 3.44. The highest BCUT2D eigenvalue weighted by Crippen LogP contribution is 2.37. The summed E-state index contributed by atoms with van der Waals surface area (Å²) in [6.07, 6.45) is 5.77. The van der Waals surface area contributed by atoms with E-state index in [4.69, 9.17) is 4.42 Å². The van der Waals surface area contributed by atoms with Crippen molar-refractivity contribution in [3.63, 3.8) is 0 Å². The Kier molecular flexibility index (Phi) is 5.28. The molecule has 2 heterocycles. The topological polar surface area (TPSA) is 28.4 Å². The normalized spacial score (nSPS) is 19.1. The lowest BCUT2D eigenvalue weighted by atomic mass is 9.82. The lowest BCUT2D eigenvalue weighted by Gasteiger charge is -2.26. The molecule has 1 aromatic heterocycles. The Bertz CT molecular complexity index is 407. The van der Waals surface area contributed by atoms with Crippen LogP contribution in [0.25, 0.3) is 0 Å². The van der Waals surface area contributed by atoms with Crippen molar-refractivity contribution < 1.29 is 4.42 Å². The summed E-state index contributed by atoms with van der Waals surface area (Å²) in [5.41, 5.74) is 1.90. The van der Waals surface area contributed by atoms with E-state index < -0.39 is 0 Å². The quantitative estimate of drug-likeness (QED) is 0.822. The minimum Gasteiger partial charge on any atom is -0.468 e. The zero-order chi connectivity index (χ0) is 14.6. The average Bonchev–Trinajstić information content (AvgIpc) is 3.04. The van der Waals surface area contributed by atoms with Crippen LogP contribution in [0.4, 0.5) is 0 Å². The monoisotopic (exact) mass is 278 g/mol. The Morgan fingerprint density at radius 3 is 2.70 bits per heavy atom. The molecule has 20 heavy (non-hydrogen) atoms. The molecule has 1 saturated heterocycles. The van der Waals surface area contributed by atoms with Gasteiger partial charge in [0.1, 0.15) is 5.76 Å². The van der Waals surface area contributed by atoms with Crippen molar-refractivity contribution >= 4 is 0 Å². The summed E-state index contributed by atoms with van der Waals surface area (Å²) in [4.78, 5) is 2.59. The van der Waals surface area contributed by atoms with Gasteiger partial charge in [-0.3, -0.25) is 4.90 Å². The van der Waals surface area contributed by atoms with E-state index >= 15 is 0 Å². The van der Waals surface area contributed by atoms with Crippen molar-refractivity contribution in [3.05, 3.63) is 23.7 Å². The Labute approximate surface area is 123 Å². The maximum absolute atomic E-state index is 5.64. The number of nitrogens with one attached hydrogen (secondary N) is 1. The first-order chi connectivity index (χ1) is 9.58. The SMILES string of the molecule is CCC1(CC)CCN(Cc2ccoc2CNC(C)C)C1. The second-order valence-corrected chi connectivity index (χ2v) is 6.57. The predicted octanol–water partition coefficient (Wildman–Crippen LogP) is 3.79. The Morgan fingerprint density at radius 2 is 2.10 bits per heavy atom. The summed E-state index contributed by atoms with van der Waals surface area (Å²) in [6.45, 7) is 13.3. The van der Waals surface area contributed by atoms with Gasteiger partial charge < -0.3 is 9.73 Å². The smallest absolute Gasteiger partial charge is 0.122 e. The molecule has 0 saturated carbocycles. The van der Waals surface area contributed by atoms with Crippen molar-refractivity contribution in [2.45, 2.75) is 66.1 Å². The van der Waals surface area contributed by atoms with Gasteiger partial charge in [-0.2, -0.15) is 0 Å². The molecule has 0 spiro atoms. The first kappa shape index (κ1) is 15.6. The minimum atomic E-state index is 0.493. The number of nitrogens with zero attached hydrogens (tertiary/aromatic N) is 1. The minimum absolute atomic E-state index is 0.493. The van der Waals surface area contributed by atoms with Gasteiger partial charge in [0.15, 0.2) is 0 Å². The lowest BCUT2D eigenvalue weighted by Crippen LogP contribution is -2.27. The fraction of sp³-hybridized carbons (Fsp3) is 0.765. The maximum atomic E-state index is 5.64. The molecule has 0 aromatic carbocycles. The maximum Gasteiger partial charge on any atom is 0.122 e. The highest BCUT2D eigenvalue weighted by Gasteiger charge is 2.34. The van der Waals surface area contributed by atoms with Crippen LogP contribution in [0.3, 0.4) is 0 Å². The molecule has 1 aromatic rings. The van der Waals surface area contributed by atoms with E-state index in [2.05, 4.69) is 44.0 Å². The highest BCUT2D eigenvalue weighted by molar-refractivity contribution is 5.17. The van der Waals surface area contributed by atoms with E-state index in [0.717, 1.165) is 18.8 Å². The Balaban J connectivity index is 1.93. The zero-order valence-electron chi connectivity index (χ0n) is 13.5. The second-order valence-electron chi connectivity index (χ2n) is 6.57. The third-order valence-corrected chi connectivity index (χ3v) is 4.92. The van der Waals surface area contributed by atoms with Gasteiger partial charge in [-0.15, -0.1) is 0 Å². The number of rotatable bonds is 7. The highest BCUT2D eigenvalue weighted by atomic mass is 16.3. The molecule has 0 atom stereocenters. The van der Waals surface area contributed by atoms with Crippen LogP contribution < -0.4 is 5.32 Å². The van der Waals surface area contributed by atoms with Crippen molar-refractivity contribution in [2.24, 2.45) is 5.41 Å². The van der Waals surface area contributed by atoms with Crippen LogP contribution in [0, 0.1) is 5.41 Å². The third-order valence-electron chi connectivity index (χ3n) is 4.92. The van der Waals surface area contributed by atoms with Crippen molar-refractivity contribution in [1.82, 2.24) is 10.2 Å². The lowest BCUT2D eigenvalue weighted by molar-refractivity contribution is 0.235. The molecule has 0 aliphatic carbocycles. The summed E-state index contributed by atoms with van der Waals surface area (Å²) in [7, 11) is 0. The summed E-state index contributed by atoms with van der Waals surface area (Å²) in [5.74, 6) is 1.10. The van der Waals surface area contributed by atoms with Crippen molar-refractivity contribution in [1.29, 1.82) is 0 Å². The number of hydrogen-bond donors (Lipinski definition) is 1. The average molecular weight is 278 g/mol. The van der Waals surface area contributed by atoms with Crippen molar-refractivity contribution in [3.8, 4) is 0 Å². The van der Waals surface area contributed by atoms with E-state index in [1.807, 2.05) is 6.26 Å². The number of furan rings is 1. The first-order valence-electron chi connectivity index (χ1n) is 8.09. The van der Waals surface area contributed by atoms with Gasteiger partial charge in [-0.1, -0.05) is 27.7 Å². The molecule has 0 unspecified atom stereocenters. The fourth-order valence-electron chi connectivity index (χ4n) is 3.19. The number of likely N-dealkylation sites (tertiary alicyclic amines) is 1. The Morgan fingerprint density at radius 1 is 1.35 bits per heavy atom. The van der Waals surface area contributed by atoms with E-state index in [1.54, 1.807) is 0 Å². The van der Waals surface area contributed by atoms with Gasteiger partial charge in [0, 0.05) is 24.7 Å². The molecule has 2 rings (SSSR count). The first-order valence-corrected chi connectivity index (χ1v) is 8.09. The molecular formula is C17H30N2O. The van der Waals surface area contributed by atoms with Gasteiger partial charge >= 0.3 is 0 Å². The van der Waals surface area contributed by atoms with Gasteiger partial charge in [-0.05, 0) is 37.3 Å². The zero-order valence-corrected chi connectivity index (χ0v) is 13.5. The van der Waals surface area contributed by atoms with E-state index in [1.165, 1.54) is 37.9 Å². The molecule has 1 aliphatic rings.